The lowest BCUT2D eigenvalue weighted by Crippen LogP contribution is -2.28. The van der Waals surface area contributed by atoms with Crippen LogP contribution in [0, 0.1) is 6.92 Å². The van der Waals surface area contributed by atoms with E-state index in [9.17, 15) is 4.79 Å². The van der Waals surface area contributed by atoms with Gasteiger partial charge in [-0.25, -0.2) is 4.68 Å². The van der Waals surface area contributed by atoms with E-state index < -0.39 is 0 Å². The van der Waals surface area contributed by atoms with E-state index in [2.05, 4.69) is 25.8 Å². The van der Waals surface area contributed by atoms with Gasteiger partial charge in [0.2, 0.25) is 5.89 Å². The van der Waals surface area contributed by atoms with Gasteiger partial charge >= 0.3 is 0 Å². The summed E-state index contributed by atoms with van der Waals surface area (Å²) in [7, 11) is 0. The molecule has 9 heteroatoms. The lowest BCUT2D eigenvalue weighted by atomic mass is 9.92. The van der Waals surface area contributed by atoms with Gasteiger partial charge in [0, 0.05) is 13.0 Å². The highest BCUT2D eigenvalue weighted by Crippen LogP contribution is 2.26. The van der Waals surface area contributed by atoms with Crippen molar-refractivity contribution < 1.29 is 9.32 Å². The van der Waals surface area contributed by atoms with E-state index in [4.69, 9.17) is 10.3 Å². The van der Waals surface area contributed by atoms with Crippen LogP contribution in [0.3, 0.4) is 0 Å². The van der Waals surface area contributed by atoms with Gasteiger partial charge in [-0.3, -0.25) is 4.79 Å². The van der Waals surface area contributed by atoms with Gasteiger partial charge in [0.1, 0.15) is 0 Å². The minimum atomic E-state index is -0.304. The molecule has 2 heterocycles. The zero-order valence-electron chi connectivity index (χ0n) is 12.4. The topological polar surface area (TPSA) is 125 Å². The average Bonchev–Trinajstić information content (AvgIpc) is 3.15. The van der Waals surface area contributed by atoms with Crippen molar-refractivity contribution in [2.45, 2.75) is 51.2 Å². The molecule has 0 aliphatic heterocycles. The molecule has 3 rings (SSSR count). The fourth-order valence-electron chi connectivity index (χ4n) is 2.59. The number of rotatable bonds is 4. The van der Waals surface area contributed by atoms with Gasteiger partial charge in [-0.2, -0.15) is 4.98 Å². The number of amides is 1. The number of aryl methyl sites for hydroxylation is 1. The van der Waals surface area contributed by atoms with Crippen molar-refractivity contribution in [2.24, 2.45) is 5.73 Å². The highest BCUT2D eigenvalue weighted by molar-refractivity contribution is 5.91. The summed E-state index contributed by atoms with van der Waals surface area (Å²) in [6.07, 6.45) is 5.56. The normalized spacial score (nSPS) is 21.7. The maximum absolute atomic E-state index is 12.0. The molecule has 1 aliphatic rings. The summed E-state index contributed by atoms with van der Waals surface area (Å²) in [6.45, 7) is 1.89. The second kappa shape index (κ2) is 6.22. The van der Waals surface area contributed by atoms with Crippen molar-refractivity contribution in [1.82, 2.24) is 30.5 Å². The Hall–Kier alpha value is -2.29. The first-order valence-electron chi connectivity index (χ1n) is 7.36. The fraction of sp³-hybridized carbons (Fsp3) is 0.615. The second-order valence-electron chi connectivity index (χ2n) is 5.56. The van der Waals surface area contributed by atoms with Crippen molar-refractivity contribution in [2.75, 3.05) is 0 Å². The maximum Gasteiger partial charge on any atom is 0.273 e. The molecule has 0 spiro atoms. The van der Waals surface area contributed by atoms with Crippen LogP contribution in [-0.4, -0.2) is 37.1 Å². The monoisotopic (exact) mass is 305 g/mol. The molecule has 0 atom stereocenters. The molecule has 0 bridgehead atoms. The summed E-state index contributed by atoms with van der Waals surface area (Å²) in [5.41, 5.74) is 6.18. The molecular weight excluding hydrogens is 286 g/mol. The van der Waals surface area contributed by atoms with E-state index in [1.165, 1.54) is 0 Å². The number of nitrogens with two attached hydrogens (primary N) is 1. The molecule has 0 unspecified atom stereocenters. The van der Waals surface area contributed by atoms with E-state index in [1.807, 2.05) is 0 Å². The molecular formula is C13H19N7O2. The minimum absolute atomic E-state index is 0.196. The third kappa shape index (κ3) is 3.30. The smallest absolute Gasteiger partial charge is 0.273 e. The molecule has 3 N–H and O–H groups in total. The first-order chi connectivity index (χ1) is 10.6. The Morgan fingerprint density at radius 3 is 2.91 bits per heavy atom. The van der Waals surface area contributed by atoms with Gasteiger partial charge in [-0.1, -0.05) is 10.4 Å². The van der Waals surface area contributed by atoms with Gasteiger partial charge in [0.05, 0.1) is 18.8 Å². The predicted octanol–water partition coefficient (Wildman–Crippen LogP) is 0.342. The zero-order chi connectivity index (χ0) is 15.5. The largest absolute Gasteiger partial charge is 0.343 e. The highest BCUT2D eigenvalue weighted by Gasteiger charge is 2.22. The molecule has 1 aliphatic carbocycles. The van der Waals surface area contributed by atoms with Crippen molar-refractivity contribution in [1.29, 1.82) is 0 Å². The lowest BCUT2D eigenvalue weighted by Gasteiger charge is -2.25. The third-order valence-corrected chi connectivity index (χ3v) is 3.84. The molecule has 1 fully saturated rings. The number of carbonyl (C=O) groups is 1. The van der Waals surface area contributed by atoms with Crippen LogP contribution >= 0.6 is 0 Å². The molecule has 1 amide bonds. The van der Waals surface area contributed by atoms with Crippen molar-refractivity contribution >= 4 is 5.91 Å². The Morgan fingerprint density at radius 2 is 2.23 bits per heavy atom. The van der Waals surface area contributed by atoms with Crippen LogP contribution in [0.5, 0.6) is 0 Å². The van der Waals surface area contributed by atoms with E-state index in [-0.39, 0.29) is 30.2 Å². The van der Waals surface area contributed by atoms with Gasteiger partial charge < -0.3 is 15.6 Å². The first-order valence-corrected chi connectivity index (χ1v) is 7.36. The molecule has 0 aromatic carbocycles. The standard InChI is InChI=1S/C13H19N7O2/c1-8-16-12(18-22-8)6-15-13(21)11-7-20(19-17-11)10-4-2-9(14)3-5-10/h7,9-10H,2-6,14H2,1H3,(H,15,21). The second-order valence-corrected chi connectivity index (χ2v) is 5.56. The van der Waals surface area contributed by atoms with Crippen molar-refractivity contribution in [3.63, 3.8) is 0 Å². The predicted molar refractivity (Wildman–Crippen MR) is 75.7 cm³/mol. The molecule has 0 saturated heterocycles. The van der Waals surface area contributed by atoms with Crippen LogP contribution in [0.1, 0.15) is 53.9 Å². The Labute approximate surface area is 127 Å². The molecule has 2 aromatic rings. The first kappa shape index (κ1) is 14.6. The summed E-state index contributed by atoms with van der Waals surface area (Å²) >= 11 is 0. The Balaban J connectivity index is 1.57. The van der Waals surface area contributed by atoms with Crippen LogP contribution in [0.15, 0.2) is 10.7 Å². The van der Waals surface area contributed by atoms with Crippen molar-refractivity contribution in [3.8, 4) is 0 Å². The van der Waals surface area contributed by atoms with Crippen LogP contribution in [-0.2, 0) is 6.54 Å². The van der Waals surface area contributed by atoms with Crippen molar-refractivity contribution in [3.05, 3.63) is 23.6 Å². The molecule has 9 nitrogen and oxygen atoms in total. The number of aromatic nitrogens is 5. The number of carbonyl (C=O) groups excluding carboxylic acids is 1. The minimum Gasteiger partial charge on any atom is -0.343 e. The molecule has 22 heavy (non-hydrogen) atoms. The number of hydrogen-bond donors (Lipinski definition) is 2. The number of hydrogen-bond acceptors (Lipinski definition) is 7. The Morgan fingerprint density at radius 1 is 1.45 bits per heavy atom. The van der Waals surface area contributed by atoms with Crippen LogP contribution in [0.4, 0.5) is 0 Å². The fourth-order valence-corrected chi connectivity index (χ4v) is 2.59. The molecule has 2 aromatic heterocycles. The third-order valence-electron chi connectivity index (χ3n) is 3.84. The van der Waals surface area contributed by atoms with Gasteiger partial charge in [-0.05, 0) is 25.7 Å². The summed E-state index contributed by atoms with van der Waals surface area (Å²) in [5.74, 6) is 0.589. The van der Waals surface area contributed by atoms with E-state index >= 15 is 0 Å². The highest BCUT2D eigenvalue weighted by atomic mass is 16.5. The molecule has 0 radical (unpaired) electrons. The Bertz CT molecular complexity index is 642. The van der Waals surface area contributed by atoms with Gasteiger partial charge in [0.25, 0.3) is 5.91 Å². The van der Waals surface area contributed by atoms with Crippen LogP contribution in [0.25, 0.3) is 0 Å². The van der Waals surface area contributed by atoms with Crippen LogP contribution in [0.2, 0.25) is 0 Å². The van der Waals surface area contributed by atoms with E-state index in [0.717, 1.165) is 25.7 Å². The maximum atomic E-state index is 12.0. The van der Waals surface area contributed by atoms with Crippen LogP contribution < -0.4 is 11.1 Å². The lowest BCUT2D eigenvalue weighted by molar-refractivity contribution is 0.0944. The average molecular weight is 305 g/mol. The van der Waals surface area contributed by atoms with Gasteiger partial charge in [-0.15, -0.1) is 5.10 Å². The molecule has 1 saturated carbocycles. The SMILES string of the molecule is Cc1nc(CNC(=O)c2cn(C3CCC(N)CC3)nn2)no1. The number of nitrogens with one attached hydrogen (secondary N) is 1. The summed E-state index contributed by atoms with van der Waals surface area (Å²) < 4.78 is 6.60. The van der Waals surface area contributed by atoms with Gasteiger partial charge in [0.15, 0.2) is 11.5 Å². The molecule has 118 valence electrons. The number of nitrogens with zero attached hydrogens (tertiary/aromatic N) is 5. The zero-order valence-corrected chi connectivity index (χ0v) is 12.4. The van der Waals surface area contributed by atoms with E-state index in [0.29, 0.717) is 11.7 Å². The van der Waals surface area contributed by atoms with E-state index in [1.54, 1.807) is 17.8 Å². The summed E-state index contributed by atoms with van der Waals surface area (Å²) in [5, 5.41) is 14.4. The summed E-state index contributed by atoms with van der Waals surface area (Å²) in [4.78, 5) is 16.1. The Kier molecular flexibility index (Phi) is 4.14. The summed E-state index contributed by atoms with van der Waals surface area (Å²) in [6, 6.07) is 0.551. The quantitative estimate of drug-likeness (QED) is 0.834.